The number of hydrogen-bond donors (Lipinski definition) is 2. The van der Waals surface area contributed by atoms with Crippen molar-refractivity contribution in [2.75, 3.05) is 36.4 Å². The lowest BCUT2D eigenvalue weighted by molar-refractivity contribution is -0.115. The molecule has 4 aromatic rings. The smallest absolute Gasteiger partial charge is 0.253 e. The molecule has 0 radical (unpaired) electrons. The minimum atomic E-state index is -0.414. The number of thiocarbonyl (C=S) groups is 1. The van der Waals surface area contributed by atoms with Crippen molar-refractivity contribution in [2.24, 2.45) is 0 Å². The average Bonchev–Trinajstić information content (AvgIpc) is 3.45. The Labute approximate surface area is 263 Å². The third-order valence-corrected chi connectivity index (χ3v) is 7.45. The van der Waals surface area contributed by atoms with Crippen LogP contribution in [-0.2, 0) is 4.79 Å². The van der Waals surface area contributed by atoms with Gasteiger partial charge >= 0.3 is 0 Å². The number of carbonyl (C=O) groups excluding carboxylic acids is 2. The Kier molecular flexibility index (Phi) is 9.49. The van der Waals surface area contributed by atoms with Gasteiger partial charge in [-0.3, -0.25) is 14.9 Å². The van der Waals surface area contributed by atoms with Crippen LogP contribution in [-0.4, -0.2) is 48.0 Å². The summed E-state index contributed by atoms with van der Waals surface area (Å²) in [4.78, 5) is 29.4. The van der Waals surface area contributed by atoms with Gasteiger partial charge in [-0.05, 0) is 85.0 Å². The van der Waals surface area contributed by atoms with Crippen LogP contribution in [0, 0.1) is 0 Å². The van der Waals surface area contributed by atoms with Gasteiger partial charge in [0.15, 0.2) is 5.11 Å². The lowest BCUT2D eigenvalue weighted by Crippen LogP contribution is -2.49. The van der Waals surface area contributed by atoms with E-state index in [4.69, 9.17) is 51.4 Å². The number of para-hydroxylation sites is 2. The molecule has 42 heavy (non-hydrogen) atoms. The lowest BCUT2D eigenvalue weighted by atomic mass is 10.1. The summed E-state index contributed by atoms with van der Waals surface area (Å²) < 4.78 is 5.80. The van der Waals surface area contributed by atoms with Gasteiger partial charge in [0, 0.05) is 58.4 Å². The van der Waals surface area contributed by atoms with E-state index in [1.54, 1.807) is 60.7 Å². The Morgan fingerprint density at radius 2 is 1.52 bits per heavy atom. The highest BCUT2D eigenvalue weighted by Crippen LogP contribution is 2.29. The van der Waals surface area contributed by atoms with Crippen molar-refractivity contribution in [3.63, 3.8) is 0 Å². The topological polar surface area (TPSA) is 77.8 Å². The molecular formula is C31H25Cl3N4O3S. The maximum atomic E-state index is 12.9. The Bertz CT molecular complexity index is 1630. The zero-order valence-corrected chi connectivity index (χ0v) is 25.2. The second-order valence-corrected chi connectivity index (χ2v) is 11.2. The molecule has 2 N–H and O–H groups in total. The third kappa shape index (κ3) is 7.52. The van der Waals surface area contributed by atoms with Crippen LogP contribution >= 0.6 is 47.0 Å². The number of halogens is 3. The summed E-state index contributed by atoms with van der Waals surface area (Å²) in [5.41, 5.74) is 3.02. The van der Waals surface area contributed by atoms with E-state index < -0.39 is 5.91 Å². The second kappa shape index (κ2) is 13.4. The third-order valence-electron chi connectivity index (χ3n) is 6.56. The first-order valence-electron chi connectivity index (χ1n) is 13.0. The van der Waals surface area contributed by atoms with Crippen molar-refractivity contribution in [1.82, 2.24) is 10.2 Å². The number of anilines is 2. The molecule has 0 saturated carbocycles. The number of furan rings is 1. The number of nitrogens with zero attached hydrogens (tertiary/aromatic N) is 2. The van der Waals surface area contributed by atoms with Crippen molar-refractivity contribution < 1.29 is 14.0 Å². The van der Waals surface area contributed by atoms with Gasteiger partial charge in [-0.15, -0.1) is 0 Å². The van der Waals surface area contributed by atoms with Gasteiger partial charge in [-0.2, -0.15) is 0 Å². The molecule has 0 spiro atoms. The quantitative estimate of drug-likeness (QED) is 0.169. The molecule has 3 aromatic carbocycles. The molecule has 214 valence electrons. The minimum absolute atomic E-state index is 0.0192. The van der Waals surface area contributed by atoms with Gasteiger partial charge in [0.25, 0.3) is 5.91 Å². The highest BCUT2D eigenvalue weighted by atomic mass is 35.5. The number of benzene rings is 3. The molecule has 11 heteroatoms. The fourth-order valence-electron chi connectivity index (χ4n) is 4.54. The number of rotatable bonds is 6. The highest BCUT2D eigenvalue weighted by molar-refractivity contribution is 7.80. The van der Waals surface area contributed by atoms with E-state index in [-0.39, 0.29) is 11.0 Å². The molecule has 5 rings (SSSR count). The van der Waals surface area contributed by atoms with E-state index in [9.17, 15) is 9.59 Å². The number of piperazine rings is 1. The standard InChI is InChI=1S/C31H25Cl3N4O3S/c32-22-7-5-20(6-8-22)30(40)38-15-13-37(14-16-38)27-4-2-1-3-26(27)35-31(42)36-29(39)12-10-25-9-11-28(41-25)21-17-23(33)19-24(34)18-21/h1-12,17-19H,13-16H2,(H2,35,36,39,42)/b12-10+. The van der Waals surface area contributed by atoms with Crippen molar-refractivity contribution in [3.05, 3.63) is 111 Å². The first kappa shape index (κ1) is 29.7. The summed E-state index contributed by atoms with van der Waals surface area (Å²) >= 11 is 23.5. The van der Waals surface area contributed by atoms with Gasteiger partial charge in [0.2, 0.25) is 5.91 Å². The predicted octanol–water partition coefficient (Wildman–Crippen LogP) is 7.40. The van der Waals surface area contributed by atoms with E-state index in [0.29, 0.717) is 58.3 Å². The SMILES string of the molecule is O=C(/C=C/c1ccc(-c2cc(Cl)cc(Cl)c2)o1)NC(=S)Nc1ccccc1N1CCN(C(=O)c2ccc(Cl)cc2)CC1. The van der Waals surface area contributed by atoms with Crippen LogP contribution in [0.15, 0.2) is 89.4 Å². The number of nitrogens with one attached hydrogen (secondary N) is 2. The van der Waals surface area contributed by atoms with Gasteiger partial charge in [0.1, 0.15) is 11.5 Å². The first-order chi connectivity index (χ1) is 20.2. The molecule has 2 amide bonds. The molecule has 0 aliphatic carbocycles. The maximum absolute atomic E-state index is 12.9. The van der Waals surface area contributed by atoms with Crippen LogP contribution in [0.1, 0.15) is 16.1 Å². The number of hydrogen-bond acceptors (Lipinski definition) is 5. The van der Waals surface area contributed by atoms with Crippen molar-refractivity contribution in [2.45, 2.75) is 0 Å². The van der Waals surface area contributed by atoms with Crippen molar-refractivity contribution >= 4 is 81.4 Å². The molecule has 1 aliphatic heterocycles. The lowest BCUT2D eigenvalue weighted by Gasteiger charge is -2.37. The average molecular weight is 640 g/mol. The Hall–Kier alpha value is -3.82. The fraction of sp³-hybridized carbons (Fsp3) is 0.129. The maximum Gasteiger partial charge on any atom is 0.253 e. The van der Waals surface area contributed by atoms with E-state index in [2.05, 4.69) is 15.5 Å². The van der Waals surface area contributed by atoms with E-state index in [1.807, 2.05) is 29.2 Å². The predicted molar refractivity (Wildman–Crippen MR) is 174 cm³/mol. The number of carbonyl (C=O) groups is 2. The zero-order valence-electron chi connectivity index (χ0n) is 22.1. The Morgan fingerprint density at radius 3 is 2.24 bits per heavy atom. The summed E-state index contributed by atoms with van der Waals surface area (Å²) in [6, 6.07) is 23.3. The fourth-order valence-corrected chi connectivity index (χ4v) is 5.40. The van der Waals surface area contributed by atoms with Crippen LogP contribution < -0.4 is 15.5 Å². The largest absolute Gasteiger partial charge is 0.457 e. The van der Waals surface area contributed by atoms with Gasteiger partial charge in [-0.1, -0.05) is 46.9 Å². The summed E-state index contributed by atoms with van der Waals surface area (Å²) in [6.07, 6.45) is 2.89. The summed E-state index contributed by atoms with van der Waals surface area (Å²) in [6.45, 7) is 2.43. The van der Waals surface area contributed by atoms with E-state index in [0.717, 1.165) is 16.9 Å². The molecule has 0 unspecified atom stereocenters. The molecule has 7 nitrogen and oxygen atoms in total. The van der Waals surface area contributed by atoms with Crippen molar-refractivity contribution in [1.29, 1.82) is 0 Å². The van der Waals surface area contributed by atoms with Gasteiger partial charge in [-0.25, -0.2) is 0 Å². The zero-order chi connectivity index (χ0) is 29.6. The molecule has 0 atom stereocenters. The highest BCUT2D eigenvalue weighted by Gasteiger charge is 2.23. The van der Waals surface area contributed by atoms with Gasteiger partial charge < -0.3 is 19.5 Å². The molecule has 0 bridgehead atoms. The molecule has 2 heterocycles. The van der Waals surface area contributed by atoms with Crippen molar-refractivity contribution in [3.8, 4) is 11.3 Å². The van der Waals surface area contributed by atoms with Crippen LogP contribution in [0.3, 0.4) is 0 Å². The number of amides is 2. The normalized spacial score (nSPS) is 13.3. The molecule has 1 saturated heterocycles. The monoisotopic (exact) mass is 638 g/mol. The summed E-state index contributed by atoms with van der Waals surface area (Å²) in [7, 11) is 0. The second-order valence-electron chi connectivity index (χ2n) is 9.44. The summed E-state index contributed by atoms with van der Waals surface area (Å²) in [5, 5.41) is 7.53. The first-order valence-corrected chi connectivity index (χ1v) is 14.5. The van der Waals surface area contributed by atoms with E-state index >= 15 is 0 Å². The molecule has 1 fully saturated rings. The molecule has 1 aromatic heterocycles. The van der Waals surface area contributed by atoms with Gasteiger partial charge in [0.05, 0.1) is 11.4 Å². The Balaban J connectivity index is 1.15. The van der Waals surface area contributed by atoms with Crippen LogP contribution in [0.4, 0.5) is 11.4 Å². The molecular weight excluding hydrogens is 615 g/mol. The summed E-state index contributed by atoms with van der Waals surface area (Å²) in [5.74, 6) is 0.620. The van der Waals surface area contributed by atoms with Crippen LogP contribution in [0.2, 0.25) is 15.1 Å². The van der Waals surface area contributed by atoms with E-state index in [1.165, 1.54) is 6.08 Å². The van der Waals surface area contributed by atoms with Crippen LogP contribution in [0.5, 0.6) is 0 Å². The van der Waals surface area contributed by atoms with Crippen LogP contribution in [0.25, 0.3) is 17.4 Å². The minimum Gasteiger partial charge on any atom is -0.457 e. The molecule has 1 aliphatic rings. The Morgan fingerprint density at radius 1 is 0.833 bits per heavy atom.